The van der Waals surface area contributed by atoms with Crippen LogP contribution in [0.1, 0.15) is 65.7 Å². The van der Waals surface area contributed by atoms with Gasteiger partial charge in [-0.25, -0.2) is 4.79 Å². The molecule has 3 saturated carbocycles. The Balaban J connectivity index is 1.70. The Labute approximate surface area is 129 Å². The number of fused-ring (bicyclic) bond motifs is 2. The molecule has 3 aliphatic rings. The van der Waals surface area contributed by atoms with E-state index in [1.165, 1.54) is 38.2 Å². The normalized spacial score (nSPS) is 44.5. The fourth-order valence-electron chi connectivity index (χ4n) is 5.84. The Bertz CT molecular complexity index is 439. The van der Waals surface area contributed by atoms with E-state index in [4.69, 9.17) is 4.74 Å². The summed E-state index contributed by atoms with van der Waals surface area (Å²) in [5.74, 6) is 2.23. The average molecular weight is 290 g/mol. The van der Waals surface area contributed by atoms with Crippen molar-refractivity contribution in [2.24, 2.45) is 28.6 Å². The van der Waals surface area contributed by atoms with E-state index in [-0.39, 0.29) is 12.1 Å². The Morgan fingerprint density at radius 3 is 2.52 bits per heavy atom. The zero-order chi connectivity index (χ0) is 15.3. The van der Waals surface area contributed by atoms with Gasteiger partial charge in [0.1, 0.15) is 6.10 Å². The van der Waals surface area contributed by atoms with Crippen LogP contribution in [0.2, 0.25) is 0 Å². The van der Waals surface area contributed by atoms with E-state index >= 15 is 0 Å². The number of hydrogen-bond donors (Lipinski definition) is 0. The van der Waals surface area contributed by atoms with Crippen molar-refractivity contribution in [3.05, 3.63) is 12.7 Å². The van der Waals surface area contributed by atoms with E-state index in [0.717, 1.165) is 30.6 Å². The molecule has 0 heterocycles. The summed E-state index contributed by atoms with van der Waals surface area (Å²) in [6, 6.07) is 0. The predicted octanol–water partition coefficient (Wildman–Crippen LogP) is 4.74. The van der Waals surface area contributed by atoms with Crippen molar-refractivity contribution < 1.29 is 9.53 Å². The van der Waals surface area contributed by atoms with Crippen molar-refractivity contribution in [2.75, 3.05) is 0 Å². The molecule has 0 unspecified atom stereocenters. The fourth-order valence-corrected chi connectivity index (χ4v) is 5.84. The highest BCUT2D eigenvalue weighted by Gasteiger charge is 2.62. The molecule has 3 rings (SSSR count). The monoisotopic (exact) mass is 290 g/mol. The SMILES string of the molecule is C=CC(=O)O[C@@H]1CCC[C@@H]([C@H]2C[C@H]3CC[C@@]2(C)C3(C)C)C1. The lowest BCUT2D eigenvalue weighted by Crippen LogP contribution is -2.38. The van der Waals surface area contributed by atoms with E-state index in [9.17, 15) is 4.79 Å². The van der Waals surface area contributed by atoms with Gasteiger partial charge in [0.15, 0.2) is 0 Å². The van der Waals surface area contributed by atoms with Crippen LogP contribution < -0.4 is 0 Å². The fraction of sp³-hybridized carbons (Fsp3) is 0.842. The van der Waals surface area contributed by atoms with Crippen molar-refractivity contribution in [2.45, 2.75) is 71.8 Å². The minimum atomic E-state index is -0.250. The van der Waals surface area contributed by atoms with Gasteiger partial charge in [0.05, 0.1) is 0 Å². The molecular formula is C19H30O2. The third-order valence-corrected chi connectivity index (χ3v) is 7.55. The van der Waals surface area contributed by atoms with E-state index in [2.05, 4.69) is 27.4 Å². The first kappa shape index (κ1) is 15.1. The van der Waals surface area contributed by atoms with Crippen molar-refractivity contribution >= 4 is 5.97 Å². The molecule has 2 nitrogen and oxygen atoms in total. The van der Waals surface area contributed by atoms with Crippen LogP contribution in [-0.4, -0.2) is 12.1 Å². The van der Waals surface area contributed by atoms with Crippen LogP contribution in [0.5, 0.6) is 0 Å². The van der Waals surface area contributed by atoms with Gasteiger partial charge in [-0.15, -0.1) is 0 Å². The summed E-state index contributed by atoms with van der Waals surface area (Å²) in [7, 11) is 0. The second-order valence-corrected chi connectivity index (χ2v) is 8.41. The highest BCUT2D eigenvalue weighted by atomic mass is 16.5. The third-order valence-electron chi connectivity index (χ3n) is 7.55. The summed E-state index contributed by atoms with van der Waals surface area (Å²) in [4.78, 5) is 11.5. The second kappa shape index (κ2) is 5.14. The Kier molecular flexibility index (Phi) is 3.70. The minimum Gasteiger partial charge on any atom is -0.459 e. The molecule has 21 heavy (non-hydrogen) atoms. The predicted molar refractivity (Wildman–Crippen MR) is 84.8 cm³/mol. The van der Waals surface area contributed by atoms with Crippen LogP contribution >= 0.6 is 0 Å². The van der Waals surface area contributed by atoms with Crippen LogP contribution in [0.25, 0.3) is 0 Å². The average Bonchev–Trinajstić information content (AvgIpc) is 2.80. The van der Waals surface area contributed by atoms with Gasteiger partial charge in [-0.3, -0.25) is 0 Å². The first-order valence-electron chi connectivity index (χ1n) is 8.71. The number of ether oxygens (including phenoxy) is 1. The number of carbonyl (C=O) groups is 1. The number of hydrogen-bond acceptors (Lipinski definition) is 2. The molecule has 0 aromatic heterocycles. The molecule has 2 bridgehead atoms. The Morgan fingerprint density at radius 2 is 1.95 bits per heavy atom. The largest absolute Gasteiger partial charge is 0.459 e. The van der Waals surface area contributed by atoms with Gasteiger partial charge in [0.25, 0.3) is 0 Å². The van der Waals surface area contributed by atoms with Crippen LogP contribution in [-0.2, 0) is 9.53 Å². The summed E-state index contributed by atoms with van der Waals surface area (Å²) >= 11 is 0. The number of rotatable bonds is 3. The molecule has 0 aromatic rings. The Hall–Kier alpha value is -0.790. The van der Waals surface area contributed by atoms with Crippen molar-refractivity contribution in [3.63, 3.8) is 0 Å². The maximum atomic E-state index is 11.5. The molecule has 0 spiro atoms. The smallest absolute Gasteiger partial charge is 0.330 e. The van der Waals surface area contributed by atoms with E-state index in [1.807, 2.05) is 0 Å². The van der Waals surface area contributed by atoms with Crippen molar-refractivity contribution in [1.29, 1.82) is 0 Å². The molecule has 3 fully saturated rings. The van der Waals surface area contributed by atoms with Crippen LogP contribution in [0.3, 0.4) is 0 Å². The summed E-state index contributed by atoms with van der Waals surface area (Å²) in [6.07, 6.45) is 10.3. The maximum Gasteiger partial charge on any atom is 0.330 e. The minimum absolute atomic E-state index is 0.125. The lowest BCUT2D eigenvalue weighted by Gasteiger charge is -2.45. The lowest BCUT2D eigenvalue weighted by molar-refractivity contribution is -0.146. The molecule has 3 aliphatic carbocycles. The van der Waals surface area contributed by atoms with Crippen LogP contribution in [0.15, 0.2) is 12.7 Å². The quantitative estimate of drug-likeness (QED) is 0.554. The Morgan fingerprint density at radius 1 is 1.19 bits per heavy atom. The molecule has 5 atom stereocenters. The molecule has 0 amide bonds. The van der Waals surface area contributed by atoms with E-state index in [0.29, 0.717) is 10.8 Å². The maximum absolute atomic E-state index is 11.5. The molecule has 0 aromatic carbocycles. The van der Waals surface area contributed by atoms with Gasteiger partial charge in [-0.1, -0.05) is 27.4 Å². The molecule has 2 heteroatoms. The third kappa shape index (κ3) is 2.26. The van der Waals surface area contributed by atoms with Gasteiger partial charge in [-0.05, 0) is 73.5 Å². The molecule has 0 radical (unpaired) electrons. The molecule has 0 aliphatic heterocycles. The van der Waals surface area contributed by atoms with Gasteiger partial charge in [0, 0.05) is 6.08 Å². The van der Waals surface area contributed by atoms with Gasteiger partial charge in [0.2, 0.25) is 0 Å². The summed E-state index contributed by atoms with van der Waals surface area (Å²) in [6.45, 7) is 11.0. The zero-order valence-electron chi connectivity index (χ0n) is 13.9. The first-order chi connectivity index (χ1) is 9.88. The van der Waals surface area contributed by atoms with E-state index < -0.39 is 0 Å². The standard InChI is InChI=1S/C19H30O2/c1-5-17(20)21-15-8-6-7-13(11-15)16-12-14-9-10-19(16,4)18(14,2)3/h5,13-16H,1,6-12H2,2-4H3/t13-,14-,15-,16-,19-/m1/s1. The van der Waals surface area contributed by atoms with Crippen LogP contribution in [0, 0.1) is 28.6 Å². The van der Waals surface area contributed by atoms with Crippen LogP contribution in [0.4, 0.5) is 0 Å². The van der Waals surface area contributed by atoms with E-state index in [1.54, 1.807) is 0 Å². The van der Waals surface area contributed by atoms with Crippen molar-refractivity contribution in [1.82, 2.24) is 0 Å². The van der Waals surface area contributed by atoms with Crippen molar-refractivity contribution in [3.8, 4) is 0 Å². The van der Waals surface area contributed by atoms with Gasteiger partial charge in [-0.2, -0.15) is 0 Å². The summed E-state index contributed by atoms with van der Waals surface area (Å²) < 4.78 is 5.54. The first-order valence-corrected chi connectivity index (χ1v) is 8.71. The van der Waals surface area contributed by atoms with Gasteiger partial charge >= 0.3 is 5.97 Å². The molecule has 0 N–H and O–H groups in total. The molecular weight excluding hydrogens is 260 g/mol. The van der Waals surface area contributed by atoms with Gasteiger partial charge < -0.3 is 4.74 Å². The summed E-state index contributed by atoms with van der Waals surface area (Å²) in [5.41, 5.74) is 0.981. The number of carbonyl (C=O) groups excluding carboxylic acids is 1. The second-order valence-electron chi connectivity index (χ2n) is 8.41. The lowest BCUT2D eigenvalue weighted by atomic mass is 9.61. The molecule has 0 saturated heterocycles. The topological polar surface area (TPSA) is 26.3 Å². The zero-order valence-corrected chi connectivity index (χ0v) is 13.9. The summed E-state index contributed by atoms with van der Waals surface area (Å²) in [5, 5.41) is 0. The molecule has 118 valence electrons. The highest BCUT2D eigenvalue weighted by Crippen LogP contribution is 2.70. The number of esters is 1. The highest BCUT2D eigenvalue weighted by molar-refractivity contribution is 5.81.